The predicted molar refractivity (Wildman–Crippen MR) is 99.8 cm³/mol. The lowest BCUT2D eigenvalue weighted by atomic mass is 10.0. The number of rotatable bonds is 9. The topological polar surface area (TPSA) is 84.7 Å². The second-order valence-electron chi connectivity index (χ2n) is 6.02. The first-order chi connectivity index (χ1) is 12.3. The van der Waals surface area contributed by atoms with Crippen LogP contribution in [0.25, 0.3) is 0 Å². The molecule has 1 heterocycles. The summed E-state index contributed by atoms with van der Waals surface area (Å²) in [5, 5.41) is 3.74. The molecule has 0 spiro atoms. The van der Waals surface area contributed by atoms with Crippen molar-refractivity contribution >= 4 is 10.0 Å². The molecule has 0 amide bonds. The third-order valence-electron chi connectivity index (χ3n) is 4.44. The van der Waals surface area contributed by atoms with Gasteiger partial charge >= 0.3 is 0 Å². The number of hydrogen-bond acceptors (Lipinski definition) is 6. The van der Waals surface area contributed by atoms with Gasteiger partial charge in [0.2, 0.25) is 10.0 Å². The van der Waals surface area contributed by atoms with E-state index in [4.69, 9.17) is 9.26 Å². The van der Waals surface area contributed by atoms with Gasteiger partial charge in [-0.15, -0.1) is 0 Å². The van der Waals surface area contributed by atoms with Crippen LogP contribution in [0, 0.1) is 13.8 Å². The number of nitrogens with zero attached hydrogens (tertiary/aromatic N) is 2. The van der Waals surface area contributed by atoms with Crippen molar-refractivity contribution in [2.75, 3.05) is 26.7 Å². The van der Waals surface area contributed by atoms with Gasteiger partial charge in [0.15, 0.2) is 5.76 Å². The minimum Gasteiger partial charge on any atom is -0.497 e. The van der Waals surface area contributed by atoms with Crippen molar-refractivity contribution in [3.63, 3.8) is 0 Å². The number of aromatic nitrogens is 1. The van der Waals surface area contributed by atoms with Gasteiger partial charge in [0.1, 0.15) is 16.3 Å². The van der Waals surface area contributed by atoms with Gasteiger partial charge in [-0.3, -0.25) is 4.90 Å². The van der Waals surface area contributed by atoms with E-state index in [-0.39, 0.29) is 23.2 Å². The summed E-state index contributed by atoms with van der Waals surface area (Å²) in [6, 6.07) is 7.59. The third-order valence-corrected chi connectivity index (χ3v) is 6.10. The molecule has 0 aliphatic heterocycles. The van der Waals surface area contributed by atoms with Crippen molar-refractivity contribution in [1.82, 2.24) is 14.8 Å². The molecule has 0 saturated carbocycles. The molecule has 144 valence electrons. The monoisotopic (exact) mass is 381 g/mol. The van der Waals surface area contributed by atoms with Gasteiger partial charge in [-0.1, -0.05) is 31.1 Å². The largest absolute Gasteiger partial charge is 0.497 e. The first kappa shape index (κ1) is 20.4. The number of nitrogens with one attached hydrogen (secondary N) is 1. The maximum Gasteiger partial charge on any atom is 0.246 e. The lowest BCUT2D eigenvalue weighted by Gasteiger charge is -2.30. The molecular weight excluding hydrogens is 354 g/mol. The Hall–Kier alpha value is -1.90. The average molecular weight is 381 g/mol. The van der Waals surface area contributed by atoms with Crippen molar-refractivity contribution in [2.45, 2.75) is 38.6 Å². The lowest BCUT2D eigenvalue weighted by molar-refractivity contribution is 0.219. The Morgan fingerprint density at radius 2 is 1.96 bits per heavy atom. The summed E-state index contributed by atoms with van der Waals surface area (Å²) in [6.07, 6.45) is 0. The fourth-order valence-electron chi connectivity index (χ4n) is 3.09. The number of methoxy groups -OCH3 is 1. The first-order valence-corrected chi connectivity index (χ1v) is 10.1. The lowest BCUT2D eigenvalue weighted by Crippen LogP contribution is -2.38. The van der Waals surface area contributed by atoms with Gasteiger partial charge in [0, 0.05) is 12.6 Å². The van der Waals surface area contributed by atoms with Crippen molar-refractivity contribution in [3.05, 3.63) is 41.3 Å². The highest BCUT2D eigenvalue weighted by atomic mass is 32.2. The van der Waals surface area contributed by atoms with Crippen LogP contribution >= 0.6 is 0 Å². The van der Waals surface area contributed by atoms with E-state index in [1.54, 1.807) is 21.0 Å². The maximum atomic E-state index is 12.7. The zero-order chi connectivity index (χ0) is 19.3. The number of sulfonamides is 1. The Labute approximate surface area is 155 Å². The molecule has 1 N–H and O–H groups in total. The Morgan fingerprint density at radius 3 is 2.50 bits per heavy atom. The van der Waals surface area contributed by atoms with Crippen LogP contribution in [0.1, 0.15) is 36.9 Å². The number of likely N-dealkylation sites (N-methyl/N-ethyl adjacent to an activating group) is 1. The number of hydrogen-bond donors (Lipinski definition) is 1. The van der Waals surface area contributed by atoms with Gasteiger partial charge < -0.3 is 9.26 Å². The molecule has 2 aromatic rings. The van der Waals surface area contributed by atoms with Gasteiger partial charge in [-0.25, -0.2) is 13.1 Å². The van der Waals surface area contributed by atoms with Crippen LogP contribution in [0.2, 0.25) is 0 Å². The molecular formula is C18H27N3O4S. The van der Waals surface area contributed by atoms with Crippen LogP contribution in [-0.2, 0) is 10.0 Å². The van der Waals surface area contributed by atoms with Crippen molar-refractivity contribution in [1.29, 1.82) is 0 Å². The van der Waals surface area contributed by atoms with E-state index >= 15 is 0 Å². The molecule has 7 nitrogen and oxygen atoms in total. The number of aryl methyl sites for hydroxylation is 2. The summed E-state index contributed by atoms with van der Waals surface area (Å²) in [7, 11) is -2.09. The number of benzene rings is 1. The Balaban J connectivity index is 2.30. The summed E-state index contributed by atoms with van der Waals surface area (Å²) in [5.41, 5.74) is 1.35. The molecule has 0 bridgehead atoms. The van der Waals surface area contributed by atoms with Crippen molar-refractivity contribution < 1.29 is 17.7 Å². The maximum absolute atomic E-state index is 12.7. The summed E-state index contributed by atoms with van der Waals surface area (Å²) in [5.74, 6) is 1.03. The second-order valence-corrected chi connectivity index (χ2v) is 7.72. The molecule has 2 rings (SSSR count). The smallest absolute Gasteiger partial charge is 0.246 e. The molecule has 1 aromatic carbocycles. The Bertz CT molecular complexity index is 809. The fourth-order valence-corrected chi connectivity index (χ4v) is 4.45. The van der Waals surface area contributed by atoms with E-state index in [2.05, 4.69) is 28.6 Å². The average Bonchev–Trinajstić information content (AvgIpc) is 2.97. The fraction of sp³-hybridized carbons (Fsp3) is 0.500. The quantitative estimate of drug-likeness (QED) is 0.719. The van der Waals surface area contributed by atoms with E-state index in [0.717, 1.165) is 24.4 Å². The molecule has 0 aliphatic carbocycles. The van der Waals surface area contributed by atoms with Crippen LogP contribution in [0.5, 0.6) is 5.75 Å². The number of ether oxygens (including phenoxy) is 1. The van der Waals surface area contributed by atoms with E-state index in [1.807, 2.05) is 24.3 Å². The molecule has 0 fully saturated rings. The van der Waals surface area contributed by atoms with Gasteiger partial charge in [-0.2, -0.15) is 0 Å². The molecule has 1 unspecified atom stereocenters. The van der Waals surface area contributed by atoms with Crippen LogP contribution < -0.4 is 9.46 Å². The molecule has 1 aromatic heterocycles. The Morgan fingerprint density at radius 1 is 1.27 bits per heavy atom. The van der Waals surface area contributed by atoms with Crippen LogP contribution in [-0.4, -0.2) is 45.2 Å². The predicted octanol–water partition coefficient (Wildman–Crippen LogP) is 2.66. The minimum absolute atomic E-state index is 0.112. The molecule has 0 aliphatic rings. The van der Waals surface area contributed by atoms with Gasteiger partial charge in [-0.05, 0) is 44.6 Å². The summed E-state index contributed by atoms with van der Waals surface area (Å²) in [6.45, 7) is 9.16. The zero-order valence-electron chi connectivity index (χ0n) is 15.9. The van der Waals surface area contributed by atoms with Crippen LogP contribution in [0.4, 0.5) is 0 Å². The zero-order valence-corrected chi connectivity index (χ0v) is 16.8. The minimum atomic E-state index is -3.71. The van der Waals surface area contributed by atoms with E-state index in [1.165, 1.54) is 0 Å². The summed E-state index contributed by atoms with van der Waals surface area (Å²) in [4.78, 5) is 2.31. The highest BCUT2D eigenvalue weighted by Gasteiger charge is 2.27. The van der Waals surface area contributed by atoms with Gasteiger partial charge in [0.25, 0.3) is 0 Å². The van der Waals surface area contributed by atoms with E-state index in [0.29, 0.717) is 5.69 Å². The molecule has 26 heavy (non-hydrogen) atoms. The van der Waals surface area contributed by atoms with Crippen LogP contribution in [0.3, 0.4) is 0 Å². The summed E-state index contributed by atoms with van der Waals surface area (Å²) < 4.78 is 38.5. The Kier molecular flexibility index (Phi) is 6.80. The van der Waals surface area contributed by atoms with Crippen molar-refractivity contribution in [3.8, 4) is 5.75 Å². The molecule has 0 saturated heterocycles. The van der Waals surface area contributed by atoms with Crippen molar-refractivity contribution in [2.24, 2.45) is 0 Å². The molecule has 0 radical (unpaired) electrons. The second kappa shape index (κ2) is 8.66. The normalized spacial score (nSPS) is 13.2. The van der Waals surface area contributed by atoms with Crippen LogP contribution in [0.15, 0.2) is 33.7 Å². The van der Waals surface area contributed by atoms with E-state index in [9.17, 15) is 8.42 Å². The SMILES string of the molecule is CCN(CC)C(CNS(=O)(=O)c1c(C)noc1C)c1cccc(OC)c1. The third kappa shape index (κ3) is 4.44. The highest BCUT2D eigenvalue weighted by Crippen LogP contribution is 2.25. The highest BCUT2D eigenvalue weighted by molar-refractivity contribution is 7.89. The van der Waals surface area contributed by atoms with E-state index < -0.39 is 10.0 Å². The molecule has 1 atom stereocenters. The standard InChI is InChI=1S/C18H27N3O4S/c1-6-21(7-2)17(15-9-8-10-16(11-15)24-5)12-19-26(22,23)18-13(3)20-25-14(18)4/h8-11,17,19H,6-7,12H2,1-5H3. The van der Waals surface area contributed by atoms with Gasteiger partial charge in [0.05, 0.1) is 7.11 Å². The summed E-state index contributed by atoms with van der Waals surface area (Å²) >= 11 is 0. The first-order valence-electron chi connectivity index (χ1n) is 8.64. The molecule has 8 heteroatoms.